The summed E-state index contributed by atoms with van der Waals surface area (Å²) >= 11 is 0. The van der Waals surface area contributed by atoms with Gasteiger partial charge in [-0.05, 0) is 25.0 Å². The molecule has 7 heteroatoms. The Hall–Kier alpha value is -2.22. The molecule has 0 spiro atoms. The molecule has 2 saturated heterocycles. The maximum absolute atomic E-state index is 5.91. The highest BCUT2D eigenvalue weighted by molar-refractivity contribution is 5.33. The Kier molecular flexibility index (Phi) is 6.92. The van der Waals surface area contributed by atoms with E-state index in [2.05, 4.69) is 26.9 Å². The Morgan fingerprint density at radius 1 is 1.14 bits per heavy atom. The van der Waals surface area contributed by atoms with E-state index in [9.17, 15) is 0 Å². The van der Waals surface area contributed by atoms with Gasteiger partial charge in [0.05, 0.1) is 32.1 Å². The minimum Gasteiger partial charge on any atom is -0.496 e. The number of ether oxygens (including phenoxy) is 3. The van der Waals surface area contributed by atoms with Crippen LogP contribution in [-0.2, 0) is 22.6 Å². The molecule has 2 aliphatic rings. The number of aromatic nitrogens is 2. The number of nitrogens with zero attached hydrogens (tertiary/aromatic N) is 4. The first kappa shape index (κ1) is 20.1. The van der Waals surface area contributed by atoms with Gasteiger partial charge in [-0.25, -0.2) is 9.97 Å². The lowest BCUT2D eigenvalue weighted by Crippen LogP contribution is -2.37. The summed E-state index contributed by atoms with van der Waals surface area (Å²) < 4.78 is 16.9. The zero-order chi connectivity index (χ0) is 19.9. The predicted octanol–water partition coefficient (Wildman–Crippen LogP) is 2.50. The van der Waals surface area contributed by atoms with Crippen molar-refractivity contribution < 1.29 is 14.2 Å². The highest BCUT2D eigenvalue weighted by Gasteiger charge is 2.21. The van der Waals surface area contributed by atoms with Crippen molar-refractivity contribution in [3.8, 4) is 5.75 Å². The average molecular weight is 399 g/mol. The Morgan fingerprint density at radius 2 is 2.00 bits per heavy atom. The van der Waals surface area contributed by atoms with E-state index < -0.39 is 0 Å². The summed E-state index contributed by atoms with van der Waals surface area (Å²) in [6.45, 7) is 6.42. The third kappa shape index (κ3) is 5.44. The summed E-state index contributed by atoms with van der Waals surface area (Å²) in [5.41, 5.74) is 2.20. The van der Waals surface area contributed by atoms with Gasteiger partial charge in [0, 0.05) is 51.1 Å². The highest BCUT2D eigenvalue weighted by Crippen LogP contribution is 2.22. The SMILES string of the molecule is COc1ccccc1CN(Cc1ccnc(N2CCOCC2)n1)C[C@H]1CCCO1. The molecular formula is C22H30N4O3. The number of hydrogen-bond acceptors (Lipinski definition) is 7. The van der Waals surface area contributed by atoms with E-state index in [1.807, 2.05) is 24.4 Å². The Bertz CT molecular complexity index is 776. The summed E-state index contributed by atoms with van der Waals surface area (Å²) in [4.78, 5) is 13.9. The van der Waals surface area contributed by atoms with E-state index in [1.165, 1.54) is 5.56 Å². The first-order valence-electron chi connectivity index (χ1n) is 10.4. The fourth-order valence-electron chi connectivity index (χ4n) is 3.95. The molecule has 0 aliphatic carbocycles. The molecule has 4 rings (SSSR count). The van der Waals surface area contributed by atoms with Crippen molar-refractivity contribution in [2.75, 3.05) is 51.5 Å². The summed E-state index contributed by atoms with van der Waals surface area (Å²) in [6, 6.07) is 10.2. The zero-order valence-electron chi connectivity index (χ0n) is 17.1. The van der Waals surface area contributed by atoms with Crippen LogP contribution in [0.3, 0.4) is 0 Å². The van der Waals surface area contributed by atoms with E-state index in [0.717, 1.165) is 82.8 Å². The zero-order valence-corrected chi connectivity index (χ0v) is 17.1. The van der Waals surface area contributed by atoms with E-state index in [-0.39, 0.29) is 6.10 Å². The molecule has 0 bridgehead atoms. The van der Waals surface area contributed by atoms with Gasteiger partial charge in [-0.1, -0.05) is 18.2 Å². The molecule has 1 aromatic heterocycles. The van der Waals surface area contributed by atoms with Gasteiger partial charge in [0.15, 0.2) is 0 Å². The van der Waals surface area contributed by atoms with Crippen LogP contribution in [0.15, 0.2) is 36.5 Å². The lowest BCUT2D eigenvalue weighted by Gasteiger charge is -2.28. The van der Waals surface area contributed by atoms with Gasteiger partial charge in [-0.15, -0.1) is 0 Å². The van der Waals surface area contributed by atoms with Gasteiger partial charge in [-0.3, -0.25) is 4.90 Å². The molecule has 0 radical (unpaired) electrons. The number of methoxy groups -OCH3 is 1. The molecule has 7 nitrogen and oxygen atoms in total. The third-order valence-electron chi connectivity index (χ3n) is 5.45. The number of anilines is 1. The largest absolute Gasteiger partial charge is 0.496 e. The van der Waals surface area contributed by atoms with Crippen LogP contribution in [0.1, 0.15) is 24.1 Å². The number of hydrogen-bond donors (Lipinski definition) is 0. The second-order valence-electron chi connectivity index (χ2n) is 7.56. The van der Waals surface area contributed by atoms with Gasteiger partial charge in [0.25, 0.3) is 0 Å². The van der Waals surface area contributed by atoms with Crippen LogP contribution in [0.2, 0.25) is 0 Å². The van der Waals surface area contributed by atoms with E-state index >= 15 is 0 Å². The number of benzene rings is 1. The molecule has 0 unspecified atom stereocenters. The quantitative estimate of drug-likeness (QED) is 0.677. The number of rotatable bonds is 8. The molecule has 2 aliphatic heterocycles. The van der Waals surface area contributed by atoms with E-state index in [4.69, 9.17) is 19.2 Å². The van der Waals surface area contributed by atoms with Crippen LogP contribution < -0.4 is 9.64 Å². The normalized spacial score (nSPS) is 19.7. The second kappa shape index (κ2) is 10.0. The maximum atomic E-state index is 5.91. The van der Waals surface area contributed by atoms with E-state index in [0.29, 0.717) is 0 Å². The van der Waals surface area contributed by atoms with Crippen molar-refractivity contribution >= 4 is 5.95 Å². The van der Waals surface area contributed by atoms with Crippen LogP contribution >= 0.6 is 0 Å². The number of morpholine rings is 1. The molecule has 2 fully saturated rings. The number of para-hydroxylation sites is 1. The summed E-state index contributed by atoms with van der Waals surface area (Å²) in [5.74, 6) is 1.71. The minimum atomic E-state index is 0.283. The Labute approximate surface area is 172 Å². The lowest BCUT2D eigenvalue weighted by molar-refractivity contribution is 0.0672. The van der Waals surface area contributed by atoms with Gasteiger partial charge < -0.3 is 19.1 Å². The van der Waals surface area contributed by atoms with Crippen LogP contribution in [0.5, 0.6) is 5.75 Å². The predicted molar refractivity (Wildman–Crippen MR) is 111 cm³/mol. The smallest absolute Gasteiger partial charge is 0.225 e. The van der Waals surface area contributed by atoms with Gasteiger partial charge in [-0.2, -0.15) is 0 Å². The summed E-state index contributed by atoms with van der Waals surface area (Å²) in [6.07, 6.45) is 4.40. The summed E-state index contributed by atoms with van der Waals surface area (Å²) in [5, 5.41) is 0. The maximum Gasteiger partial charge on any atom is 0.225 e. The van der Waals surface area contributed by atoms with Crippen LogP contribution in [0.25, 0.3) is 0 Å². The molecule has 0 saturated carbocycles. The minimum absolute atomic E-state index is 0.283. The molecule has 156 valence electrons. The van der Waals surface area contributed by atoms with Crippen molar-refractivity contribution in [3.63, 3.8) is 0 Å². The molecule has 1 atom stereocenters. The second-order valence-corrected chi connectivity index (χ2v) is 7.56. The van der Waals surface area contributed by atoms with Gasteiger partial charge in [0.1, 0.15) is 5.75 Å². The van der Waals surface area contributed by atoms with Crippen molar-refractivity contribution in [2.24, 2.45) is 0 Å². The van der Waals surface area contributed by atoms with Gasteiger partial charge >= 0.3 is 0 Å². The fraction of sp³-hybridized carbons (Fsp3) is 0.545. The monoisotopic (exact) mass is 398 g/mol. The summed E-state index contributed by atoms with van der Waals surface area (Å²) in [7, 11) is 1.72. The van der Waals surface area contributed by atoms with Crippen LogP contribution in [0, 0.1) is 0 Å². The Balaban J connectivity index is 1.50. The molecule has 3 heterocycles. The average Bonchev–Trinajstić information content (AvgIpc) is 3.28. The van der Waals surface area contributed by atoms with Crippen molar-refractivity contribution in [1.29, 1.82) is 0 Å². The van der Waals surface area contributed by atoms with Crippen molar-refractivity contribution in [3.05, 3.63) is 47.8 Å². The van der Waals surface area contributed by atoms with Gasteiger partial charge in [0.2, 0.25) is 5.95 Å². The van der Waals surface area contributed by atoms with Crippen molar-refractivity contribution in [2.45, 2.75) is 32.0 Å². The van der Waals surface area contributed by atoms with Crippen molar-refractivity contribution in [1.82, 2.24) is 14.9 Å². The molecule has 2 aromatic rings. The Morgan fingerprint density at radius 3 is 2.79 bits per heavy atom. The lowest BCUT2D eigenvalue weighted by atomic mass is 10.1. The molecule has 0 amide bonds. The first-order valence-corrected chi connectivity index (χ1v) is 10.4. The van der Waals surface area contributed by atoms with E-state index in [1.54, 1.807) is 7.11 Å². The highest BCUT2D eigenvalue weighted by atomic mass is 16.5. The fourth-order valence-corrected chi connectivity index (χ4v) is 3.95. The molecule has 0 N–H and O–H groups in total. The van der Waals surface area contributed by atoms with Crippen LogP contribution in [0.4, 0.5) is 5.95 Å². The molecular weight excluding hydrogens is 368 g/mol. The topological polar surface area (TPSA) is 60.0 Å². The van der Waals surface area contributed by atoms with Crippen LogP contribution in [-0.4, -0.2) is 67.5 Å². The first-order chi connectivity index (χ1) is 14.3. The molecule has 29 heavy (non-hydrogen) atoms. The third-order valence-corrected chi connectivity index (χ3v) is 5.45. The standard InChI is InChI=1S/C22H30N4O3/c1-27-21-7-3-2-5-18(21)15-25(17-20-6-4-12-29-20)16-19-8-9-23-22(24-19)26-10-13-28-14-11-26/h2-3,5,7-9,20H,4,6,10-17H2,1H3/t20-/m1/s1. The molecule has 1 aromatic carbocycles.